The number of likely N-dealkylation sites (tertiary alicyclic amines) is 1. The first-order valence-corrected chi connectivity index (χ1v) is 12.7. The van der Waals surface area contributed by atoms with Gasteiger partial charge in [-0.15, -0.1) is 0 Å². The number of aliphatic carboxylic acids is 2. The van der Waals surface area contributed by atoms with Gasteiger partial charge >= 0.3 is 24.3 Å². The largest absolute Gasteiger partial charge is 0.490 e. The molecule has 12 nitrogen and oxygen atoms in total. The van der Waals surface area contributed by atoms with Gasteiger partial charge in [0, 0.05) is 50.1 Å². The van der Waals surface area contributed by atoms with E-state index in [-0.39, 0.29) is 11.8 Å². The predicted molar refractivity (Wildman–Crippen MR) is 136 cm³/mol. The van der Waals surface area contributed by atoms with Crippen LogP contribution in [0.4, 0.5) is 32.0 Å². The van der Waals surface area contributed by atoms with Crippen LogP contribution in [0, 0.1) is 0 Å². The quantitative estimate of drug-likeness (QED) is 0.418. The third-order valence-corrected chi connectivity index (χ3v) is 6.27. The summed E-state index contributed by atoms with van der Waals surface area (Å²) in [6.45, 7) is 4.77. The number of ether oxygens (including phenoxy) is 1. The average molecular weight is 621 g/mol. The molecular formula is C25H26F6N6O6. The van der Waals surface area contributed by atoms with Gasteiger partial charge in [-0.3, -0.25) is 9.78 Å². The predicted octanol–water partition coefficient (Wildman–Crippen LogP) is 3.25. The summed E-state index contributed by atoms with van der Waals surface area (Å²) in [7, 11) is 0. The second kappa shape index (κ2) is 14.1. The molecule has 2 fully saturated rings. The molecule has 0 saturated carbocycles. The Hall–Kier alpha value is -4.48. The van der Waals surface area contributed by atoms with Crippen molar-refractivity contribution in [3.05, 3.63) is 54.2 Å². The highest BCUT2D eigenvalue weighted by Gasteiger charge is 2.39. The molecule has 2 N–H and O–H groups in total. The van der Waals surface area contributed by atoms with Crippen LogP contribution in [-0.4, -0.2) is 104 Å². The Balaban J connectivity index is 0.000000303. The van der Waals surface area contributed by atoms with E-state index >= 15 is 0 Å². The molecule has 5 rings (SSSR count). The first kappa shape index (κ1) is 33.0. The minimum absolute atomic E-state index is 0.0731. The lowest BCUT2D eigenvalue weighted by atomic mass is 9.96. The smallest absolute Gasteiger partial charge is 0.475 e. The highest BCUT2D eigenvalue weighted by molar-refractivity contribution is 5.94. The highest BCUT2D eigenvalue weighted by Crippen LogP contribution is 2.27. The average Bonchev–Trinajstić information content (AvgIpc) is 3.41. The number of morpholine rings is 1. The number of amides is 1. The molecule has 234 valence electrons. The Bertz CT molecular complexity index is 1360. The number of piperidine rings is 1. The van der Waals surface area contributed by atoms with Gasteiger partial charge in [-0.1, -0.05) is 0 Å². The summed E-state index contributed by atoms with van der Waals surface area (Å²) >= 11 is 0. The fourth-order valence-electron chi connectivity index (χ4n) is 4.09. The third-order valence-electron chi connectivity index (χ3n) is 6.27. The monoisotopic (exact) mass is 620 g/mol. The number of carbonyl (C=O) groups is 3. The fraction of sp³-hybridized carbons (Fsp3) is 0.440. The number of carboxylic acids is 2. The molecule has 0 atom stereocenters. The van der Waals surface area contributed by atoms with E-state index in [9.17, 15) is 31.1 Å². The molecule has 18 heteroatoms. The van der Waals surface area contributed by atoms with E-state index in [1.165, 1.54) is 0 Å². The molecule has 0 spiro atoms. The Kier molecular flexibility index (Phi) is 10.8. The maximum atomic E-state index is 12.6. The van der Waals surface area contributed by atoms with Crippen molar-refractivity contribution in [2.24, 2.45) is 0 Å². The van der Waals surface area contributed by atoms with Crippen molar-refractivity contribution in [2.75, 3.05) is 44.3 Å². The summed E-state index contributed by atoms with van der Waals surface area (Å²) in [5.41, 5.74) is 2.71. The van der Waals surface area contributed by atoms with E-state index in [4.69, 9.17) is 34.6 Å². The minimum atomic E-state index is -5.08. The van der Waals surface area contributed by atoms with E-state index in [1.54, 1.807) is 24.5 Å². The van der Waals surface area contributed by atoms with E-state index in [1.807, 2.05) is 15.5 Å². The number of anilines is 1. The number of fused-ring (bicyclic) bond motifs is 1. The summed E-state index contributed by atoms with van der Waals surface area (Å²) in [6.07, 6.45) is -3.04. The molecular weight excluding hydrogens is 594 g/mol. The molecule has 43 heavy (non-hydrogen) atoms. The standard InChI is InChI=1S/C21H24N6O2.2C2HF3O2/c28-21(17-3-7-22-8-4-17)26-9-5-16(6-10-26)20-23-19-2-1-18(15-27(19)24-20)25-11-13-29-14-12-25;2*3-2(4,5)1(6)7/h1-4,7-8,15-16H,5-6,9-14H2;2*(H,6,7). The molecule has 2 aliphatic rings. The topological polar surface area (TPSA) is 150 Å². The Labute approximate surface area is 239 Å². The van der Waals surface area contributed by atoms with Crippen LogP contribution in [0.5, 0.6) is 0 Å². The lowest BCUT2D eigenvalue weighted by molar-refractivity contribution is -0.193. The number of alkyl halides is 6. The van der Waals surface area contributed by atoms with Crippen molar-refractivity contribution in [2.45, 2.75) is 31.1 Å². The molecule has 0 aromatic carbocycles. The molecule has 3 aromatic heterocycles. The normalized spacial score (nSPS) is 16.0. The summed E-state index contributed by atoms with van der Waals surface area (Å²) in [6, 6.07) is 7.67. The van der Waals surface area contributed by atoms with Crippen molar-refractivity contribution in [1.82, 2.24) is 24.5 Å². The molecule has 3 aromatic rings. The summed E-state index contributed by atoms with van der Waals surface area (Å²) in [5.74, 6) is -4.28. The van der Waals surface area contributed by atoms with Crippen LogP contribution in [0.1, 0.15) is 34.9 Å². The van der Waals surface area contributed by atoms with Gasteiger partial charge in [-0.2, -0.15) is 31.4 Å². The van der Waals surface area contributed by atoms with Crippen LogP contribution < -0.4 is 4.90 Å². The maximum Gasteiger partial charge on any atom is 0.490 e. The number of aromatic nitrogens is 4. The number of hydrogen-bond acceptors (Lipinski definition) is 8. The molecule has 0 radical (unpaired) electrons. The van der Waals surface area contributed by atoms with Crippen molar-refractivity contribution in [3.63, 3.8) is 0 Å². The zero-order valence-corrected chi connectivity index (χ0v) is 22.3. The first-order valence-electron chi connectivity index (χ1n) is 12.7. The van der Waals surface area contributed by atoms with Gasteiger partial charge in [0.15, 0.2) is 11.5 Å². The lowest BCUT2D eigenvalue weighted by Gasteiger charge is -2.30. The number of carbonyl (C=O) groups excluding carboxylic acids is 1. The van der Waals surface area contributed by atoms with Crippen molar-refractivity contribution in [1.29, 1.82) is 0 Å². The van der Waals surface area contributed by atoms with Gasteiger partial charge in [0.25, 0.3) is 5.91 Å². The van der Waals surface area contributed by atoms with E-state index in [2.05, 4.69) is 22.1 Å². The van der Waals surface area contributed by atoms with Gasteiger partial charge in [0.1, 0.15) is 0 Å². The highest BCUT2D eigenvalue weighted by atomic mass is 19.4. The fourth-order valence-corrected chi connectivity index (χ4v) is 4.09. The van der Waals surface area contributed by atoms with Gasteiger partial charge in [-0.05, 0) is 37.1 Å². The zero-order chi connectivity index (χ0) is 31.8. The van der Waals surface area contributed by atoms with Crippen molar-refractivity contribution >= 4 is 29.2 Å². The zero-order valence-electron chi connectivity index (χ0n) is 22.3. The lowest BCUT2D eigenvalue weighted by Crippen LogP contribution is -2.38. The van der Waals surface area contributed by atoms with Gasteiger partial charge in [0.2, 0.25) is 0 Å². The molecule has 5 heterocycles. The van der Waals surface area contributed by atoms with Crippen LogP contribution in [0.25, 0.3) is 5.65 Å². The van der Waals surface area contributed by atoms with E-state index < -0.39 is 24.3 Å². The molecule has 2 aliphatic heterocycles. The molecule has 1 amide bonds. The molecule has 0 unspecified atom stereocenters. The molecule has 0 bridgehead atoms. The Morgan fingerprint density at radius 1 is 0.837 bits per heavy atom. The Morgan fingerprint density at radius 3 is 1.88 bits per heavy atom. The second-order valence-electron chi connectivity index (χ2n) is 9.17. The second-order valence-corrected chi connectivity index (χ2v) is 9.17. The van der Waals surface area contributed by atoms with Gasteiger partial charge < -0.3 is 24.7 Å². The molecule has 0 aliphatic carbocycles. The summed E-state index contributed by atoms with van der Waals surface area (Å²) in [4.78, 5) is 43.4. The van der Waals surface area contributed by atoms with Gasteiger partial charge in [-0.25, -0.2) is 19.1 Å². The third kappa shape index (κ3) is 9.52. The number of halogens is 6. The number of carboxylic acid groups (broad SMARTS) is 2. The van der Waals surface area contributed by atoms with E-state index in [0.717, 1.165) is 69.4 Å². The summed E-state index contributed by atoms with van der Waals surface area (Å²) in [5, 5.41) is 19.0. The number of rotatable bonds is 3. The van der Waals surface area contributed by atoms with E-state index in [0.29, 0.717) is 5.56 Å². The van der Waals surface area contributed by atoms with Gasteiger partial charge in [0.05, 0.1) is 25.1 Å². The van der Waals surface area contributed by atoms with Crippen molar-refractivity contribution in [3.8, 4) is 0 Å². The number of hydrogen-bond donors (Lipinski definition) is 2. The molecule has 2 saturated heterocycles. The minimum Gasteiger partial charge on any atom is -0.475 e. The Morgan fingerprint density at radius 2 is 1.37 bits per heavy atom. The number of nitrogens with zero attached hydrogens (tertiary/aromatic N) is 6. The van der Waals surface area contributed by atoms with Crippen LogP contribution in [0.3, 0.4) is 0 Å². The SMILES string of the molecule is O=C(O)C(F)(F)F.O=C(O)C(F)(F)F.O=C(c1ccncc1)N1CCC(c2nc3ccc(N4CCOCC4)cn3n2)CC1. The number of pyridine rings is 2. The van der Waals surface area contributed by atoms with Crippen LogP contribution in [0.15, 0.2) is 42.9 Å². The summed E-state index contributed by atoms with van der Waals surface area (Å²) < 4.78 is 70.8. The van der Waals surface area contributed by atoms with Crippen LogP contribution >= 0.6 is 0 Å². The maximum absolute atomic E-state index is 12.6. The van der Waals surface area contributed by atoms with Crippen LogP contribution in [0.2, 0.25) is 0 Å². The van der Waals surface area contributed by atoms with Crippen molar-refractivity contribution < 1.29 is 55.7 Å². The first-order chi connectivity index (χ1) is 20.2. The van der Waals surface area contributed by atoms with Crippen LogP contribution in [-0.2, 0) is 14.3 Å².